The minimum absolute atomic E-state index is 0. The van der Waals surface area contributed by atoms with Gasteiger partial charge in [0, 0.05) is 36.0 Å². The molecule has 0 aliphatic rings. The van der Waals surface area contributed by atoms with E-state index in [-0.39, 0.29) is 47.0 Å². The largest absolute Gasteiger partial charge is 0.0149 e. The fourth-order valence-corrected chi connectivity index (χ4v) is 0. The summed E-state index contributed by atoms with van der Waals surface area (Å²) < 4.78 is 0. The molecule has 0 saturated heterocycles. The van der Waals surface area contributed by atoms with Crippen LogP contribution in [0.4, 0.5) is 0 Å². The fraction of sp³-hybridized carbons (Fsp3) is 0. The summed E-state index contributed by atoms with van der Waals surface area (Å²) in [5.41, 5.74) is 0. The summed E-state index contributed by atoms with van der Waals surface area (Å²) in [6.45, 7) is 0. The zero-order chi connectivity index (χ0) is 0. The maximum atomic E-state index is 0. The standard InChI is InChI=1S/C.Ge.H4Si.Si/h;;1H4;. The van der Waals surface area contributed by atoms with Crippen LogP contribution in [0.15, 0.2) is 0 Å². The van der Waals surface area contributed by atoms with Crippen molar-refractivity contribution < 1.29 is 0 Å². The van der Waals surface area contributed by atoms with E-state index in [0.717, 1.165) is 0 Å². The molecule has 0 unspecified atom stereocenters. The van der Waals surface area contributed by atoms with Crippen LogP contribution in [0, 0.1) is 7.43 Å². The van der Waals surface area contributed by atoms with E-state index < -0.39 is 0 Å². The molecule has 4 heavy (non-hydrogen) atoms. The molecule has 0 bridgehead atoms. The quantitative estimate of drug-likeness (QED) is 0.341. The van der Waals surface area contributed by atoms with Gasteiger partial charge in [0.1, 0.15) is 0 Å². The molecule has 0 aromatic carbocycles. The third-order valence-electron chi connectivity index (χ3n) is 0. The number of rotatable bonds is 0. The average Bonchev–Trinajstić information content (AvgIpc) is 0. The Balaban J connectivity index is 0. The molecule has 12 radical (unpaired) electrons. The van der Waals surface area contributed by atoms with Crippen LogP contribution in [0.5, 0.6) is 0 Å². The third kappa shape index (κ3) is 12.2. The predicted octanol–water partition coefficient (Wildman–Crippen LogP) is -2.13. The maximum absolute atomic E-state index is 0. The van der Waals surface area contributed by atoms with E-state index in [9.17, 15) is 0 Å². The molecule has 0 aliphatic heterocycles. The van der Waals surface area contributed by atoms with E-state index in [1.807, 2.05) is 0 Å². The summed E-state index contributed by atoms with van der Waals surface area (Å²) in [6.07, 6.45) is 0. The van der Waals surface area contributed by atoms with Gasteiger partial charge in [0.05, 0.1) is 0 Å². The van der Waals surface area contributed by atoms with Gasteiger partial charge in [-0.2, -0.15) is 0 Å². The molecule has 0 amide bonds. The van der Waals surface area contributed by atoms with Crippen molar-refractivity contribution in [2.24, 2.45) is 0 Å². The van der Waals surface area contributed by atoms with Gasteiger partial charge >= 0.3 is 0 Å². The van der Waals surface area contributed by atoms with Crippen molar-refractivity contribution >= 4 is 39.5 Å². The summed E-state index contributed by atoms with van der Waals surface area (Å²) >= 11 is 0. The van der Waals surface area contributed by atoms with Crippen LogP contribution in [-0.4, -0.2) is 39.5 Å². The average molecular weight is 145 g/mol. The van der Waals surface area contributed by atoms with Gasteiger partial charge in [-0.1, -0.05) is 0 Å². The normalized spacial score (nSPS) is 0. The first-order valence-corrected chi connectivity index (χ1v) is 0. The number of hydrogen-bond donors (Lipinski definition) is 0. The molecule has 0 atom stereocenters. The zero-order valence-corrected chi connectivity index (χ0v) is 4.60. The third-order valence-corrected chi connectivity index (χ3v) is 0. The summed E-state index contributed by atoms with van der Waals surface area (Å²) in [7, 11) is 0. The maximum Gasteiger partial charge on any atom is 0 e. The van der Waals surface area contributed by atoms with Crippen molar-refractivity contribution in [2.75, 3.05) is 0 Å². The van der Waals surface area contributed by atoms with Crippen LogP contribution in [0.25, 0.3) is 0 Å². The Morgan fingerprint density at radius 1 is 1.00 bits per heavy atom. The Hall–Kier alpha value is 0.977. The Morgan fingerprint density at radius 2 is 1.00 bits per heavy atom. The summed E-state index contributed by atoms with van der Waals surface area (Å²) in [5.74, 6) is 0. The monoisotopic (exact) mass is 146 g/mol. The van der Waals surface area contributed by atoms with Crippen molar-refractivity contribution in [3.05, 3.63) is 7.43 Å². The smallest absolute Gasteiger partial charge is 0 e. The predicted molar refractivity (Wildman–Crippen MR) is 26.1 cm³/mol. The second-order valence-corrected chi connectivity index (χ2v) is 0. The molecule has 0 heterocycles. The van der Waals surface area contributed by atoms with Crippen LogP contribution in [0.3, 0.4) is 0 Å². The van der Waals surface area contributed by atoms with Gasteiger partial charge in [0.25, 0.3) is 0 Å². The first-order chi connectivity index (χ1) is 0. The van der Waals surface area contributed by atoms with Crippen LogP contribution < -0.4 is 0 Å². The molecule has 0 N–H and O–H groups in total. The summed E-state index contributed by atoms with van der Waals surface area (Å²) in [6, 6.07) is 0. The van der Waals surface area contributed by atoms with Crippen LogP contribution in [-0.2, 0) is 0 Å². The minimum atomic E-state index is 0. The molecule has 0 aromatic heterocycles. The molecule has 20 valence electrons. The second kappa shape index (κ2) is 36.9. The molecule has 0 spiro atoms. The van der Waals surface area contributed by atoms with Gasteiger partial charge in [-0.05, 0) is 11.0 Å². The molecule has 0 fully saturated rings. The Bertz CT molecular complexity index is 6.00. The Kier molecular flexibility index (Phi) is 762. The van der Waals surface area contributed by atoms with E-state index in [0.29, 0.717) is 0 Å². The van der Waals surface area contributed by atoms with Crippen molar-refractivity contribution in [1.82, 2.24) is 0 Å². The molecule has 0 nitrogen and oxygen atoms in total. The molecule has 0 aliphatic carbocycles. The van der Waals surface area contributed by atoms with Gasteiger partial charge in [0.2, 0.25) is 0 Å². The van der Waals surface area contributed by atoms with Crippen molar-refractivity contribution in [1.29, 1.82) is 0 Å². The van der Waals surface area contributed by atoms with Crippen molar-refractivity contribution in [2.45, 2.75) is 0 Å². The molecule has 0 rings (SSSR count). The SMILES string of the molecule is [C].[Ge].[SiH4].[Si]. The van der Waals surface area contributed by atoms with E-state index in [2.05, 4.69) is 0 Å². The van der Waals surface area contributed by atoms with E-state index >= 15 is 0 Å². The second-order valence-electron chi connectivity index (χ2n) is 0. The van der Waals surface area contributed by atoms with Gasteiger partial charge in [-0.3, -0.25) is 0 Å². The van der Waals surface area contributed by atoms with Gasteiger partial charge < -0.3 is 0 Å². The van der Waals surface area contributed by atoms with Crippen molar-refractivity contribution in [3.8, 4) is 0 Å². The minimum Gasteiger partial charge on any atom is -0.0149 e. The molecular weight excluding hydrogens is 141 g/mol. The summed E-state index contributed by atoms with van der Waals surface area (Å²) in [4.78, 5) is 0. The Labute approximate surface area is 47.4 Å². The first-order valence-electron chi connectivity index (χ1n) is 0. The van der Waals surface area contributed by atoms with Crippen LogP contribution in [0.1, 0.15) is 0 Å². The zero-order valence-electron chi connectivity index (χ0n) is 1.50. The van der Waals surface area contributed by atoms with Gasteiger partial charge in [-0.25, -0.2) is 0 Å². The molecule has 3 heteroatoms. The first kappa shape index (κ1) is 82.5. The summed E-state index contributed by atoms with van der Waals surface area (Å²) in [5, 5.41) is 0. The van der Waals surface area contributed by atoms with Gasteiger partial charge in [0.15, 0.2) is 0 Å². The molecule has 0 aromatic rings. The fourth-order valence-electron chi connectivity index (χ4n) is 0. The topological polar surface area (TPSA) is 0 Å². The van der Waals surface area contributed by atoms with Gasteiger partial charge in [-0.15, -0.1) is 0 Å². The van der Waals surface area contributed by atoms with Crippen molar-refractivity contribution in [3.63, 3.8) is 0 Å². The molecule has 0 saturated carbocycles. The van der Waals surface area contributed by atoms with E-state index in [4.69, 9.17) is 0 Å². The van der Waals surface area contributed by atoms with E-state index in [1.54, 1.807) is 0 Å². The van der Waals surface area contributed by atoms with E-state index in [1.165, 1.54) is 0 Å². The Morgan fingerprint density at radius 3 is 1.00 bits per heavy atom. The van der Waals surface area contributed by atoms with Crippen LogP contribution in [0.2, 0.25) is 0 Å². The molecular formula is CH4GeSi2. The van der Waals surface area contributed by atoms with Crippen LogP contribution >= 0.6 is 0 Å². The number of hydrogen-bond acceptors (Lipinski definition) is 0.